The average Bonchev–Trinajstić information content (AvgIpc) is 3.67. The predicted molar refractivity (Wildman–Crippen MR) is 150 cm³/mol. The Morgan fingerprint density at radius 1 is 1.00 bits per heavy atom. The molecule has 0 unspecified atom stereocenters. The number of carbonyl (C=O) groups is 2. The van der Waals surface area contributed by atoms with Gasteiger partial charge in [0.1, 0.15) is 11.5 Å². The topological polar surface area (TPSA) is 87.1 Å². The molecule has 1 aliphatic rings. The SMILES string of the molecule is CCCCCCOc1ccccc1CN(C(=O)c1ccc(-c2cc(C)ccc2C)cc1)C1(O)CC1.O=CO. The summed E-state index contributed by atoms with van der Waals surface area (Å²) in [4.78, 5) is 23.5. The zero-order chi connectivity index (χ0) is 27.5. The summed E-state index contributed by atoms with van der Waals surface area (Å²) < 4.78 is 6.07. The number of nitrogens with zero attached hydrogens (tertiary/aromatic N) is 1. The summed E-state index contributed by atoms with van der Waals surface area (Å²) in [6.07, 6.45) is 5.77. The van der Waals surface area contributed by atoms with Gasteiger partial charge in [0.15, 0.2) is 0 Å². The zero-order valence-corrected chi connectivity index (χ0v) is 22.7. The smallest absolute Gasteiger partial charge is 0.290 e. The summed E-state index contributed by atoms with van der Waals surface area (Å²) in [7, 11) is 0. The predicted octanol–water partition coefficient (Wildman–Crippen LogP) is 6.76. The van der Waals surface area contributed by atoms with E-state index in [0.717, 1.165) is 29.7 Å². The third kappa shape index (κ3) is 7.68. The molecule has 1 aliphatic carbocycles. The average molecular weight is 518 g/mol. The number of ether oxygens (including phenoxy) is 1. The Bertz CT molecular complexity index is 1200. The molecule has 2 N–H and O–H groups in total. The van der Waals surface area contributed by atoms with E-state index in [-0.39, 0.29) is 12.4 Å². The first-order valence-corrected chi connectivity index (χ1v) is 13.3. The largest absolute Gasteiger partial charge is 0.493 e. The molecule has 0 radical (unpaired) electrons. The van der Waals surface area contributed by atoms with E-state index in [1.165, 1.54) is 29.5 Å². The number of amides is 1. The molecule has 6 nitrogen and oxygen atoms in total. The van der Waals surface area contributed by atoms with Crippen molar-refractivity contribution in [3.63, 3.8) is 0 Å². The fourth-order valence-corrected chi connectivity index (χ4v) is 4.44. The van der Waals surface area contributed by atoms with Gasteiger partial charge in [0.2, 0.25) is 0 Å². The van der Waals surface area contributed by atoms with Crippen LogP contribution in [-0.4, -0.2) is 39.8 Å². The third-order valence-electron chi connectivity index (χ3n) is 6.84. The van der Waals surface area contributed by atoms with Crippen molar-refractivity contribution in [3.05, 3.63) is 89.0 Å². The van der Waals surface area contributed by atoms with E-state index in [1.807, 2.05) is 48.5 Å². The Hall–Kier alpha value is -3.64. The third-order valence-corrected chi connectivity index (χ3v) is 6.84. The number of carboxylic acid groups (broad SMARTS) is 1. The lowest BCUT2D eigenvalue weighted by Crippen LogP contribution is -2.41. The van der Waals surface area contributed by atoms with E-state index in [1.54, 1.807) is 4.90 Å². The van der Waals surface area contributed by atoms with Gasteiger partial charge in [-0.1, -0.05) is 80.3 Å². The first-order chi connectivity index (χ1) is 18.3. The molecule has 0 aromatic heterocycles. The van der Waals surface area contributed by atoms with E-state index in [4.69, 9.17) is 14.6 Å². The summed E-state index contributed by atoms with van der Waals surface area (Å²) in [5, 5.41) is 17.9. The summed E-state index contributed by atoms with van der Waals surface area (Å²) >= 11 is 0. The van der Waals surface area contributed by atoms with Gasteiger partial charge in [-0.25, -0.2) is 0 Å². The zero-order valence-electron chi connectivity index (χ0n) is 22.7. The highest BCUT2D eigenvalue weighted by Gasteiger charge is 2.49. The molecule has 0 bridgehead atoms. The fourth-order valence-electron chi connectivity index (χ4n) is 4.44. The van der Waals surface area contributed by atoms with Gasteiger partial charge >= 0.3 is 0 Å². The number of aryl methyl sites for hydroxylation is 2. The minimum Gasteiger partial charge on any atom is -0.493 e. The number of para-hydroxylation sites is 1. The van der Waals surface area contributed by atoms with Crippen LogP contribution in [0.2, 0.25) is 0 Å². The van der Waals surface area contributed by atoms with Gasteiger partial charge in [0.05, 0.1) is 13.2 Å². The summed E-state index contributed by atoms with van der Waals surface area (Å²) in [6, 6.07) is 22.0. The minimum atomic E-state index is -1.09. The molecule has 38 heavy (non-hydrogen) atoms. The normalized spacial score (nSPS) is 13.2. The van der Waals surface area contributed by atoms with Crippen LogP contribution in [0.15, 0.2) is 66.7 Å². The molecule has 0 saturated heterocycles. The number of hydrogen-bond acceptors (Lipinski definition) is 4. The van der Waals surface area contributed by atoms with Gasteiger partial charge in [-0.05, 0) is 68.0 Å². The Kier molecular flexibility index (Phi) is 10.5. The highest BCUT2D eigenvalue weighted by Crippen LogP contribution is 2.41. The summed E-state index contributed by atoms with van der Waals surface area (Å²) in [5.74, 6) is 0.631. The molecular formula is C32H39NO5. The van der Waals surface area contributed by atoms with Crippen LogP contribution in [0.25, 0.3) is 11.1 Å². The van der Waals surface area contributed by atoms with Gasteiger partial charge in [0, 0.05) is 11.1 Å². The van der Waals surface area contributed by atoms with Crippen molar-refractivity contribution in [2.45, 2.75) is 71.6 Å². The first-order valence-electron chi connectivity index (χ1n) is 13.3. The molecule has 4 rings (SSSR count). The molecule has 3 aromatic rings. The van der Waals surface area contributed by atoms with Gasteiger partial charge in [-0.2, -0.15) is 0 Å². The van der Waals surface area contributed by atoms with Gasteiger partial charge < -0.3 is 19.8 Å². The standard InChI is InChI=1S/C31H37NO3.CH2O2/c1-4-5-6-9-20-35-29-11-8-7-10-27(29)22-32(31(34)18-19-31)30(33)26-16-14-25(15-17-26)28-21-23(2)12-13-24(28)3;2-1-3/h7-8,10-17,21,34H,4-6,9,18-20,22H2,1-3H3;1H,(H,2,3). The Morgan fingerprint density at radius 2 is 1.68 bits per heavy atom. The van der Waals surface area contributed by atoms with Crippen molar-refractivity contribution >= 4 is 12.4 Å². The lowest BCUT2D eigenvalue weighted by Gasteiger charge is -2.29. The number of hydrogen-bond donors (Lipinski definition) is 2. The van der Waals surface area contributed by atoms with E-state index in [9.17, 15) is 9.90 Å². The van der Waals surface area contributed by atoms with Crippen LogP contribution in [0.4, 0.5) is 0 Å². The van der Waals surface area contributed by atoms with Crippen molar-refractivity contribution in [3.8, 4) is 16.9 Å². The van der Waals surface area contributed by atoms with Crippen LogP contribution in [-0.2, 0) is 11.3 Å². The maximum atomic E-state index is 13.6. The van der Waals surface area contributed by atoms with Crippen LogP contribution in [0, 0.1) is 13.8 Å². The lowest BCUT2D eigenvalue weighted by atomic mass is 9.97. The maximum absolute atomic E-state index is 13.6. The van der Waals surface area contributed by atoms with Crippen LogP contribution < -0.4 is 4.74 Å². The summed E-state index contributed by atoms with van der Waals surface area (Å²) in [5.41, 5.74) is 5.08. The van der Waals surface area contributed by atoms with Gasteiger partial charge in [-0.3, -0.25) is 9.59 Å². The Balaban J connectivity index is 0.00000127. The van der Waals surface area contributed by atoms with E-state index < -0.39 is 5.72 Å². The number of rotatable bonds is 11. The van der Waals surface area contributed by atoms with Gasteiger partial charge in [0.25, 0.3) is 12.4 Å². The molecule has 0 atom stereocenters. The number of carbonyl (C=O) groups excluding carboxylic acids is 1. The fraction of sp³-hybridized carbons (Fsp3) is 0.375. The molecule has 0 heterocycles. The van der Waals surface area contributed by atoms with E-state index in [0.29, 0.717) is 31.6 Å². The lowest BCUT2D eigenvalue weighted by molar-refractivity contribution is -0.122. The highest BCUT2D eigenvalue weighted by molar-refractivity contribution is 5.95. The first kappa shape index (κ1) is 28.9. The molecule has 6 heteroatoms. The van der Waals surface area contributed by atoms with E-state index in [2.05, 4.69) is 39.0 Å². The minimum absolute atomic E-state index is 0.157. The molecule has 0 spiro atoms. The number of benzene rings is 3. The Labute approximate surface area is 225 Å². The van der Waals surface area contributed by atoms with Crippen LogP contribution in [0.5, 0.6) is 5.75 Å². The molecule has 3 aromatic carbocycles. The number of unbranched alkanes of at least 4 members (excludes halogenated alkanes) is 3. The van der Waals surface area contributed by atoms with Crippen molar-refractivity contribution in [2.24, 2.45) is 0 Å². The molecule has 1 fully saturated rings. The second-order valence-corrected chi connectivity index (χ2v) is 9.89. The summed E-state index contributed by atoms with van der Waals surface area (Å²) in [6.45, 7) is 7.11. The molecule has 0 aliphatic heterocycles. The van der Waals surface area contributed by atoms with Crippen molar-refractivity contribution in [1.29, 1.82) is 0 Å². The molecule has 1 saturated carbocycles. The number of aliphatic hydroxyl groups is 1. The monoisotopic (exact) mass is 517 g/mol. The van der Waals surface area contributed by atoms with Crippen molar-refractivity contribution < 1.29 is 24.5 Å². The Morgan fingerprint density at radius 3 is 2.34 bits per heavy atom. The second kappa shape index (κ2) is 13.8. The second-order valence-electron chi connectivity index (χ2n) is 9.89. The van der Waals surface area contributed by atoms with Crippen LogP contribution in [0.3, 0.4) is 0 Å². The van der Waals surface area contributed by atoms with Crippen LogP contribution in [0.1, 0.15) is 72.5 Å². The van der Waals surface area contributed by atoms with Gasteiger partial charge in [-0.15, -0.1) is 0 Å². The molecule has 202 valence electrons. The van der Waals surface area contributed by atoms with Crippen molar-refractivity contribution in [2.75, 3.05) is 6.61 Å². The van der Waals surface area contributed by atoms with Crippen LogP contribution >= 0.6 is 0 Å². The molecular weight excluding hydrogens is 478 g/mol. The van der Waals surface area contributed by atoms with E-state index >= 15 is 0 Å². The highest BCUT2D eigenvalue weighted by atomic mass is 16.5. The molecule has 1 amide bonds. The maximum Gasteiger partial charge on any atom is 0.290 e. The quantitative estimate of drug-likeness (QED) is 0.167. The van der Waals surface area contributed by atoms with Crippen molar-refractivity contribution in [1.82, 2.24) is 4.90 Å².